The van der Waals surface area contributed by atoms with Crippen molar-refractivity contribution < 1.29 is 77.3 Å². The van der Waals surface area contributed by atoms with E-state index in [1.165, 1.54) is 21.3 Å². The molecule has 0 saturated heterocycles. The number of hydrogen-bond donors (Lipinski definition) is 0. The fourth-order valence-corrected chi connectivity index (χ4v) is 7.50. The molecule has 306 valence electrons. The zero-order chi connectivity index (χ0) is 41.6. The largest absolute Gasteiger partial charge is 0.539 e. The summed E-state index contributed by atoms with van der Waals surface area (Å²) in [7, 11) is 6.68. The molecule has 0 aliphatic rings. The third kappa shape index (κ3) is 24.2. The summed E-state index contributed by atoms with van der Waals surface area (Å²) in [4.78, 5) is 33.2. The second kappa shape index (κ2) is 31.2. The van der Waals surface area contributed by atoms with Gasteiger partial charge < -0.3 is 62.9 Å². The third-order valence-electron chi connectivity index (χ3n) is 6.58. The van der Waals surface area contributed by atoms with Crippen molar-refractivity contribution >= 4 is 52.9 Å². The minimum absolute atomic E-state index is 0.0117. The summed E-state index contributed by atoms with van der Waals surface area (Å²) >= 11 is 0. The molecule has 0 aromatic carbocycles. The van der Waals surface area contributed by atoms with Gasteiger partial charge in [0.15, 0.2) is 6.23 Å². The number of hydrogen-bond acceptors (Lipinski definition) is 17. The summed E-state index contributed by atoms with van der Waals surface area (Å²) < 4.78 is 70.7. The van der Waals surface area contributed by atoms with Crippen LogP contribution in [-0.4, -0.2) is 150 Å². The van der Waals surface area contributed by atoms with Crippen LogP contribution < -0.4 is 0 Å². The first-order valence-corrected chi connectivity index (χ1v) is 23.6. The summed E-state index contributed by atoms with van der Waals surface area (Å²) in [5, 5.41) is 0. The van der Waals surface area contributed by atoms with Crippen LogP contribution in [0.4, 0.5) is 0 Å². The molecule has 0 unspecified atom stereocenters. The summed E-state index contributed by atoms with van der Waals surface area (Å²) in [5.74, 6) is -1.26. The maximum absolute atomic E-state index is 11.1. The van der Waals surface area contributed by atoms with E-state index in [0.29, 0.717) is 35.8 Å². The zero-order valence-electron chi connectivity index (χ0n) is 33.9. The molecule has 0 N–H and O–H groups in total. The van der Waals surface area contributed by atoms with E-state index in [1.54, 1.807) is 83.3 Å². The van der Waals surface area contributed by atoms with Gasteiger partial charge in [0.1, 0.15) is 6.23 Å². The Morgan fingerprint density at radius 1 is 0.500 bits per heavy atom. The molecule has 52 heavy (non-hydrogen) atoms. The van der Waals surface area contributed by atoms with Crippen LogP contribution in [0.1, 0.15) is 27.2 Å². The smallest absolute Gasteiger partial charge is 0.462 e. The second-order valence-corrected chi connectivity index (χ2v) is 22.5. The van der Waals surface area contributed by atoms with Crippen LogP contribution in [0.15, 0.2) is 48.7 Å². The zero-order valence-corrected chi connectivity index (χ0v) is 37.9. The summed E-state index contributed by atoms with van der Waals surface area (Å²) in [6.07, 6.45) is 0.814. The van der Waals surface area contributed by atoms with Crippen LogP contribution in [0.3, 0.4) is 0 Å². The van der Waals surface area contributed by atoms with Crippen molar-refractivity contribution in [1.82, 2.24) is 0 Å². The highest BCUT2D eigenvalue weighted by atomic mass is 28.4. The maximum atomic E-state index is 11.1. The highest BCUT2D eigenvalue weighted by molar-refractivity contribution is 6.66. The monoisotopic (exact) mass is 820 g/mol. The Kier molecular flexibility index (Phi) is 33.9. The van der Waals surface area contributed by atoms with Crippen molar-refractivity contribution in [3.05, 3.63) is 48.7 Å². The molecule has 0 bridgehead atoms. The number of ether oxygens (including phenoxy) is 3. The molecule has 0 aliphatic heterocycles. The predicted octanol–water partition coefficient (Wildman–Crippen LogP) is 3.50. The predicted molar refractivity (Wildman–Crippen MR) is 203 cm³/mol. The molecule has 0 saturated carbocycles. The van der Waals surface area contributed by atoms with E-state index in [4.69, 9.17) is 62.9 Å². The quantitative estimate of drug-likeness (QED) is 0.0480. The van der Waals surface area contributed by atoms with Gasteiger partial charge in [0.2, 0.25) is 0 Å². The minimum Gasteiger partial charge on any atom is -0.462 e. The van der Waals surface area contributed by atoms with Crippen LogP contribution in [0.5, 0.6) is 0 Å². The topological polar surface area (TPSA) is 180 Å². The molecule has 0 atom stereocenters. The Labute approximate surface area is 315 Å². The lowest BCUT2D eigenvalue weighted by Gasteiger charge is -2.24. The van der Waals surface area contributed by atoms with E-state index in [-0.39, 0.29) is 18.4 Å². The van der Waals surface area contributed by atoms with E-state index < -0.39 is 46.9 Å². The van der Waals surface area contributed by atoms with Gasteiger partial charge in [-0.3, -0.25) is 0 Å². The van der Waals surface area contributed by atoms with Crippen molar-refractivity contribution in [2.75, 3.05) is 97.3 Å². The van der Waals surface area contributed by atoms with Crippen molar-refractivity contribution in [1.29, 1.82) is 0 Å². The Morgan fingerprint density at radius 3 is 1.08 bits per heavy atom. The second-order valence-electron chi connectivity index (χ2n) is 10.3. The van der Waals surface area contributed by atoms with Gasteiger partial charge in [-0.15, -0.1) is 0 Å². The van der Waals surface area contributed by atoms with Crippen LogP contribution in [-0.2, 0) is 77.3 Å². The fraction of sp³-hybridized carbons (Fsp3) is 0.645. The molecule has 0 spiro atoms. The lowest BCUT2D eigenvalue weighted by molar-refractivity contribution is -0.139. The summed E-state index contributed by atoms with van der Waals surface area (Å²) in [6, 6.07) is 0.611. The Hall–Kier alpha value is -2.20. The van der Waals surface area contributed by atoms with Gasteiger partial charge in [0.05, 0.1) is 6.61 Å². The van der Waals surface area contributed by atoms with Crippen molar-refractivity contribution in [3.8, 4) is 0 Å². The number of rotatable bonds is 23. The van der Waals surface area contributed by atoms with Crippen LogP contribution in [0.25, 0.3) is 0 Å². The van der Waals surface area contributed by atoms with Crippen molar-refractivity contribution in [2.24, 2.45) is 0 Å². The van der Waals surface area contributed by atoms with E-state index in [9.17, 15) is 14.4 Å². The fourth-order valence-electron chi connectivity index (χ4n) is 2.86. The van der Waals surface area contributed by atoms with Gasteiger partial charge in [-0.1, -0.05) is 26.3 Å². The van der Waals surface area contributed by atoms with Gasteiger partial charge in [0.25, 0.3) is 0 Å². The minimum atomic E-state index is -2.81. The maximum Gasteiger partial charge on any atom is 0.539 e. The molecule has 21 heteroatoms. The average molecular weight is 821 g/mol. The highest BCUT2D eigenvalue weighted by Gasteiger charge is 2.40. The third-order valence-corrected chi connectivity index (χ3v) is 16.4. The Morgan fingerprint density at radius 2 is 0.827 bits per heavy atom. The SMILES string of the molecule is C=C(C)C(=O)OCCC[Si](OC)(OC)OC.C=C(C)C(=O)OC[Si](C)(OC)OC.C=C(C)C(=O)OC[Si](OC)(OC)OC.C=C[Si](OC)(OC)OC. The van der Waals surface area contributed by atoms with Gasteiger partial charge in [-0.25, -0.2) is 14.4 Å². The molecular formula is C31H64O17Si4. The summed E-state index contributed by atoms with van der Waals surface area (Å²) in [6.45, 7) is 20.9. The van der Waals surface area contributed by atoms with Crippen molar-refractivity contribution in [2.45, 2.75) is 39.8 Å². The highest BCUT2D eigenvalue weighted by Crippen LogP contribution is 2.15. The Bertz CT molecular complexity index is 1030. The molecule has 0 aromatic rings. The lowest BCUT2D eigenvalue weighted by atomic mass is 10.4. The number of carbonyl (C=O) groups excluding carboxylic acids is 3. The molecular weight excluding hydrogens is 757 g/mol. The first-order valence-electron chi connectivity index (χ1n) is 15.4. The van der Waals surface area contributed by atoms with E-state index >= 15 is 0 Å². The molecule has 0 heterocycles. The normalized spacial score (nSPS) is 11.2. The molecule has 0 amide bonds. The van der Waals surface area contributed by atoms with Crippen molar-refractivity contribution in [3.63, 3.8) is 0 Å². The van der Waals surface area contributed by atoms with Crippen LogP contribution >= 0.6 is 0 Å². The van der Waals surface area contributed by atoms with Gasteiger partial charge >= 0.3 is 52.9 Å². The van der Waals surface area contributed by atoms with Crippen LogP contribution in [0.2, 0.25) is 12.6 Å². The lowest BCUT2D eigenvalue weighted by Crippen LogP contribution is -2.48. The Balaban J connectivity index is -0.000000301. The molecule has 0 radical (unpaired) electrons. The van der Waals surface area contributed by atoms with Gasteiger partial charge in [-0.05, 0) is 39.4 Å². The van der Waals surface area contributed by atoms with Gasteiger partial charge in [-0.2, -0.15) is 0 Å². The number of carbonyl (C=O) groups is 3. The molecule has 0 fully saturated rings. The number of esters is 3. The average Bonchev–Trinajstić information content (AvgIpc) is 3.16. The standard InChI is InChI=1S/C10H20O5Si.C8H16O5Si.C8H16O4Si.C5H12O3Si/c1-9(2)10(11)15-7-6-8-16(12-3,13-4)14-5;1-7(2)8(9)13-6-14(10-3,11-4)12-5;1-7(2)8(9)12-6-13(5,10-3)11-4;1-5-9(6-2,7-3)8-4/h1,6-8H2,2-5H3;1,6H2,2-5H3;1,6H2,2-5H3;5H,1H2,2-4H3. The van der Waals surface area contributed by atoms with Gasteiger partial charge in [0, 0.05) is 101 Å². The summed E-state index contributed by atoms with van der Waals surface area (Å²) in [5.41, 5.74) is 2.68. The first kappa shape index (κ1) is 56.5. The molecule has 0 rings (SSSR count). The van der Waals surface area contributed by atoms with E-state index in [2.05, 4.69) is 26.3 Å². The molecule has 0 aliphatic carbocycles. The molecule has 17 nitrogen and oxygen atoms in total. The molecule has 0 aromatic heterocycles. The van der Waals surface area contributed by atoms with E-state index in [1.807, 2.05) is 6.55 Å². The van der Waals surface area contributed by atoms with E-state index in [0.717, 1.165) is 0 Å². The van der Waals surface area contributed by atoms with Crippen LogP contribution in [0, 0.1) is 0 Å². The first-order chi connectivity index (χ1) is 24.2.